The molecule has 2 aromatic rings. The van der Waals surface area contributed by atoms with Crippen molar-refractivity contribution < 1.29 is 0 Å². The summed E-state index contributed by atoms with van der Waals surface area (Å²) in [5.74, 6) is 0.594. The molecular formula is C17H18. The summed E-state index contributed by atoms with van der Waals surface area (Å²) in [5.41, 5.74) is 4.46. The lowest BCUT2D eigenvalue weighted by Gasteiger charge is -2.18. The van der Waals surface area contributed by atoms with E-state index in [0.29, 0.717) is 5.92 Å². The summed E-state index contributed by atoms with van der Waals surface area (Å²) in [5, 5.41) is 2.84. The molecule has 0 saturated heterocycles. The highest BCUT2D eigenvalue weighted by molar-refractivity contribution is 5.95. The van der Waals surface area contributed by atoms with Crippen LogP contribution in [-0.4, -0.2) is 0 Å². The predicted molar refractivity (Wildman–Crippen MR) is 75.4 cm³/mol. The third-order valence-corrected chi connectivity index (χ3v) is 3.69. The van der Waals surface area contributed by atoms with E-state index in [1.807, 2.05) is 0 Å². The number of rotatable bonds is 1. The third kappa shape index (κ3) is 1.68. The zero-order valence-electron chi connectivity index (χ0n) is 10.5. The van der Waals surface area contributed by atoms with Crippen LogP contribution in [0.25, 0.3) is 16.8 Å². The first-order chi connectivity index (χ1) is 8.27. The minimum atomic E-state index is 0.594. The predicted octanol–water partition coefficient (Wildman–Crippen LogP) is 4.92. The van der Waals surface area contributed by atoms with E-state index in [1.165, 1.54) is 40.3 Å². The summed E-state index contributed by atoms with van der Waals surface area (Å²) in [7, 11) is 0. The van der Waals surface area contributed by atoms with Crippen molar-refractivity contribution in [3.05, 3.63) is 53.1 Å². The lowest BCUT2D eigenvalue weighted by atomic mass is 9.86. The van der Waals surface area contributed by atoms with Crippen LogP contribution in [0.5, 0.6) is 0 Å². The molecule has 0 spiro atoms. The molecule has 0 radical (unpaired) electrons. The second-order valence-electron chi connectivity index (χ2n) is 5.18. The van der Waals surface area contributed by atoms with Crippen molar-refractivity contribution in [3.63, 3.8) is 0 Å². The van der Waals surface area contributed by atoms with Crippen molar-refractivity contribution in [2.45, 2.75) is 32.6 Å². The van der Waals surface area contributed by atoms with E-state index >= 15 is 0 Å². The molecule has 0 atom stereocenters. The van der Waals surface area contributed by atoms with Crippen molar-refractivity contribution in [2.24, 2.45) is 0 Å². The van der Waals surface area contributed by atoms with Gasteiger partial charge in [0.1, 0.15) is 0 Å². The van der Waals surface area contributed by atoms with Crippen LogP contribution in [-0.2, 0) is 6.42 Å². The Kier molecular flexibility index (Phi) is 2.51. The van der Waals surface area contributed by atoms with Crippen molar-refractivity contribution >= 4 is 16.8 Å². The fourth-order valence-corrected chi connectivity index (χ4v) is 2.81. The first-order valence-electron chi connectivity index (χ1n) is 6.48. The molecule has 1 aliphatic carbocycles. The third-order valence-electron chi connectivity index (χ3n) is 3.69. The molecule has 2 aromatic carbocycles. The lowest BCUT2D eigenvalue weighted by molar-refractivity contribution is 0.868. The van der Waals surface area contributed by atoms with Gasteiger partial charge in [-0.05, 0) is 46.2 Å². The fraction of sp³-hybridized carbons (Fsp3) is 0.294. The van der Waals surface area contributed by atoms with Gasteiger partial charge in [-0.2, -0.15) is 0 Å². The summed E-state index contributed by atoms with van der Waals surface area (Å²) in [6.45, 7) is 4.57. The Morgan fingerprint density at radius 3 is 2.59 bits per heavy atom. The summed E-state index contributed by atoms with van der Waals surface area (Å²) in [4.78, 5) is 0. The number of hydrogen-bond donors (Lipinski definition) is 0. The molecule has 0 fully saturated rings. The SMILES string of the molecule is CC(C)c1cc2c(c3ccccc13)C=CCC2. The first kappa shape index (κ1) is 10.6. The molecule has 0 aliphatic heterocycles. The van der Waals surface area contributed by atoms with Crippen molar-refractivity contribution in [1.29, 1.82) is 0 Å². The highest BCUT2D eigenvalue weighted by Gasteiger charge is 2.13. The highest BCUT2D eigenvalue weighted by Crippen LogP contribution is 2.33. The van der Waals surface area contributed by atoms with Gasteiger partial charge < -0.3 is 0 Å². The number of aryl methyl sites for hydroxylation is 1. The summed E-state index contributed by atoms with van der Waals surface area (Å²) < 4.78 is 0. The fourth-order valence-electron chi connectivity index (χ4n) is 2.81. The van der Waals surface area contributed by atoms with E-state index < -0.39 is 0 Å². The number of fused-ring (bicyclic) bond motifs is 3. The van der Waals surface area contributed by atoms with Gasteiger partial charge in [-0.25, -0.2) is 0 Å². The van der Waals surface area contributed by atoms with E-state index in [-0.39, 0.29) is 0 Å². The van der Waals surface area contributed by atoms with E-state index in [2.05, 4.69) is 56.3 Å². The minimum Gasteiger partial charge on any atom is -0.0836 e. The Bertz CT molecular complexity index is 588. The average molecular weight is 222 g/mol. The maximum absolute atomic E-state index is 2.42. The van der Waals surface area contributed by atoms with Crippen LogP contribution in [0.2, 0.25) is 0 Å². The van der Waals surface area contributed by atoms with Gasteiger partial charge in [0.05, 0.1) is 0 Å². The standard InChI is InChI=1S/C17H18/c1-12(2)17-11-13-7-3-4-8-14(13)15-9-5-6-10-16(15)17/h4-6,8-12H,3,7H2,1-2H3. The van der Waals surface area contributed by atoms with Crippen molar-refractivity contribution in [1.82, 2.24) is 0 Å². The van der Waals surface area contributed by atoms with E-state index in [9.17, 15) is 0 Å². The van der Waals surface area contributed by atoms with Crippen LogP contribution in [0, 0.1) is 0 Å². The zero-order valence-corrected chi connectivity index (χ0v) is 10.5. The monoisotopic (exact) mass is 222 g/mol. The van der Waals surface area contributed by atoms with Gasteiger partial charge in [-0.3, -0.25) is 0 Å². The molecule has 86 valence electrons. The van der Waals surface area contributed by atoms with Gasteiger partial charge in [-0.15, -0.1) is 0 Å². The Morgan fingerprint density at radius 2 is 1.82 bits per heavy atom. The smallest absolute Gasteiger partial charge is 0.0106 e. The summed E-state index contributed by atoms with van der Waals surface area (Å²) >= 11 is 0. The molecule has 0 N–H and O–H groups in total. The van der Waals surface area contributed by atoms with Crippen LogP contribution in [0.4, 0.5) is 0 Å². The van der Waals surface area contributed by atoms with Gasteiger partial charge in [0, 0.05) is 0 Å². The molecule has 0 heteroatoms. The average Bonchev–Trinajstić information content (AvgIpc) is 2.37. The number of allylic oxidation sites excluding steroid dienone is 1. The van der Waals surface area contributed by atoms with E-state index in [0.717, 1.165) is 0 Å². The summed E-state index contributed by atoms with van der Waals surface area (Å²) in [6, 6.07) is 11.2. The van der Waals surface area contributed by atoms with Crippen LogP contribution in [0.15, 0.2) is 36.4 Å². The van der Waals surface area contributed by atoms with Crippen molar-refractivity contribution in [3.8, 4) is 0 Å². The molecule has 0 amide bonds. The molecule has 0 unspecified atom stereocenters. The normalized spacial score (nSPS) is 14.3. The van der Waals surface area contributed by atoms with Crippen LogP contribution in [0.3, 0.4) is 0 Å². The first-order valence-corrected chi connectivity index (χ1v) is 6.48. The largest absolute Gasteiger partial charge is 0.0836 e. The molecule has 0 bridgehead atoms. The molecule has 0 heterocycles. The number of hydrogen-bond acceptors (Lipinski definition) is 0. The van der Waals surface area contributed by atoms with Crippen LogP contribution >= 0.6 is 0 Å². The van der Waals surface area contributed by atoms with E-state index in [4.69, 9.17) is 0 Å². The quantitative estimate of drug-likeness (QED) is 0.642. The highest BCUT2D eigenvalue weighted by atomic mass is 14.2. The van der Waals surface area contributed by atoms with Gasteiger partial charge in [-0.1, -0.05) is 56.3 Å². The molecule has 17 heavy (non-hydrogen) atoms. The second kappa shape index (κ2) is 4.03. The van der Waals surface area contributed by atoms with Crippen LogP contribution in [0.1, 0.15) is 42.9 Å². The topological polar surface area (TPSA) is 0 Å². The van der Waals surface area contributed by atoms with Gasteiger partial charge in [0.25, 0.3) is 0 Å². The van der Waals surface area contributed by atoms with E-state index in [1.54, 1.807) is 0 Å². The second-order valence-corrected chi connectivity index (χ2v) is 5.18. The van der Waals surface area contributed by atoms with Gasteiger partial charge >= 0.3 is 0 Å². The lowest BCUT2D eigenvalue weighted by Crippen LogP contribution is -1.99. The molecule has 1 aliphatic rings. The van der Waals surface area contributed by atoms with Gasteiger partial charge in [0.15, 0.2) is 0 Å². The Morgan fingerprint density at radius 1 is 1.06 bits per heavy atom. The molecule has 0 nitrogen and oxygen atoms in total. The minimum absolute atomic E-state index is 0.594. The molecule has 0 saturated carbocycles. The Labute approximate surface area is 103 Å². The van der Waals surface area contributed by atoms with Gasteiger partial charge in [0.2, 0.25) is 0 Å². The van der Waals surface area contributed by atoms with Crippen LogP contribution < -0.4 is 0 Å². The molecule has 0 aromatic heterocycles. The van der Waals surface area contributed by atoms with Crippen molar-refractivity contribution in [2.75, 3.05) is 0 Å². The Balaban J connectivity index is 2.41. The Hall–Kier alpha value is -1.56. The molecular weight excluding hydrogens is 204 g/mol. The molecule has 3 rings (SSSR count). The maximum Gasteiger partial charge on any atom is -0.0106 e. The zero-order chi connectivity index (χ0) is 11.8. The summed E-state index contributed by atoms with van der Waals surface area (Å²) in [6.07, 6.45) is 6.97. The number of benzene rings is 2. The maximum atomic E-state index is 2.42.